The van der Waals surface area contributed by atoms with E-state index >= 15 is 4.39 Å². The number of carbonyl (C=O) groups is 4. The van der Waals surface area contributed by atoms with E-state index in [1.165, 1.54) is 17.7 Å². The average Bonchev–Trinajstić information content (AvgIpc) is 3.55. The molecule has 0 radical (unpaired) electrons. The molecule has 4 aliphatic heterocycles. The Morgan fingerprint density at radius 3 is 2.50 bits per heavy atom. The molecule has 4 amide bonds. The minimum Gasteiger partial charge on any atom is -0.506 e. The Morgan fingerprint density at radius 2 is 1.79 bits per heavy atom. The SMILES string of the molecule is Cn1nc(C2CCC(=O)NC2=O)c2cc(C3CCN(CC(=O)N4CC(Oc5ccc6cc(O)c(N7CC(=O)NS7(O)O)c(F)c6c5)C4)CC3)ccc21. The van der Waals surface area contributed by atoms with Crippen molar-refractivity contribution in [3.8, 4) is 11.5 Å². The minimum atomic E-state index is -3.84. The minimum absolute atomic E-state index is 0.00129. The van der Waals surface area contributed by atoms with E-state index in [1.54, 1.807) is 21.7 Å². The van der Waals surface area contributed by atoms with E-state index < -0.39 is 46.6 Å². The molecule has 0 aliphatic carbocycles. The van der Waals surface area contributed by atoms with Gasteiger partial charge in [0.05, 0.1) is 36.8 Å². The molecule has 4 fully saturated rings. The summed E-state index contributed by atoms with van der Waals surface area (Å²) in [5.74, 6) is -2.57. The van der Waals surface area contributed by atoms with E-state index in [0.29, 0.717) is 59.5 Å². The zero-order valence-corrected chi connectivity index (χ0v) is 29.1. The molecule has 1 atom stereocenters. The molecule has 0 bridgehead atoms. The van der Waals surface area contributed by atoms with Gasteiger partial charge < -0.3 is 14.7 Å². The first-order valence-electron chi connectivity index (χ1n) is 17.1. The summed E-state index contributed by atoms with van der Waals surface area (Å²) in [6.07, 6.45) is 2.18. The van der Waals surface area contributed by atoms with Crippen molar-refractivity contribution in [2.75, 3.05) is 43.6 Å². The number of imide groups is 1. The fraction of sp³-hybridized carbons (Fsp3) is 0.400. The number of aryl methyl sites for hydroxylation is 1. The number of hydrogen-bond donors (Lipinski definition) is 5. The van der Waals surface area contributed by atoms with Gasteiger partial charge >= 0.3 is 0 Å². The lowest BCUT2D eigenvalue weighted by atomic mass is 9.87. The molecule has 4 saturated heterocycles. The maximum atomic E-state index is 15.7. The highest BCUT2D eigenvalue weighted by Gasteiger charge is 2.39. The van der Waals surface area contributed by atoms with Crippen molar-refractivity contribution in [2.24, 2.45) is 7.05 Å². The number of likely N-dealkylation sites (tertiary alicyclic amines) is 2. The third-order valence-corrected chi connectivity index (χ3v) is 11.9. The zero-order chi connectivity index (χ0) is 36.5. The third-order valence-electron chi connectivity index (χ3n) is 10.5. The molecule has 17 heteroatoms. The summed E-state index contributed by atoms with van der Waals surface area (Å²) in [6, 6.07) is 12.2. The molecule has 4 aliphatic rings. The molecule has 4 aromatic rings. The second-order valence-electron chi connectivity index (χ2n) is 13.9. The van der Waals surface area contributed by atoms with Gasteiger partial charge in [0.1, 0.15) is 29.8 Å². The van der Waals surface area contributed by atoms with Crippen LogP contribution in [0.1, 0.15) is 48.8 Å². The van der Waals surface area contributed by atoms with Gasteiger partial charge in [-0.05, 0) is 90.5 Å². The van der Waals surface area contributed by atoms with Crippen LogP contribution in [0.5, 0.6) is 11.5 Å². The van der Waals surface area contributed by atoms with Gasteiger partial charge in [-0.2, -0.15) is 5.10 Å². The van der Waals surface area contributed by atoms with Crippen molar-refractivity contribution in [1.82, 2.24) is 29.6 Å². The van der Waals surface area contributed by atoms with Gasteiger partial charge in [0, 0.05) is 24.2 Å². The number of aromatic nitrogens is 2. The molecule has 8 rings (SSSR count). The number of nitrogens with one attached hydrogen (secondary N) is 2. The molecular formula is C35H38FN7O8S. The number of nitrogens with zero attached hydrogens (tertiary/aromatic N) is 5. The summed E-state index contributed by atoms with van der Waals surface area (Å²) >= 11 is 0. The van der Waals surface area contributed by atoms with Crippen molar-refractivity contribution in [3.05, 3.63) is 59.5 Å². The Kier molecular flexibility index (Phi) is 8.47. The van der Waals surface area contributed by atoms with Gasteiger partial charge in [-0.3, -0.25) is 43.2 Å². The van der Waals surface area contributed by atoms with E-state index in [-0.39, 0.29) is 29.2 Å². The first kappa shape index (κ1) is 34.1. The van der Waals surface area contributed by atoms with E-state index in [4.69, 9.17) is 4.74 Å². The molecule has 0 saturated carbocycles. The van der Waals surface area contributed by atoms with Crippen LogP contribution in [0.2, 0.25) is 0 Å². The number of anilines is 1. The van der Waals surface area contributed by atoms with Crippen LogP contribution in [0.4, 0.5) is 10.1 Å². The van der Waals surface area contributed by atoms with E-state index in [1.807, 2.05) is 17.8 Å². The summed E-state index contributed by atoms with van der Waals surface area (Å²) in [7, 11) is -1.99. The predicted molar refractivity (Wildman–Crippen MR) is 189 cm³/mol. The number of ether oxygens (including phenoxy) is 1. The lowest BCUT2D eigenvalue weighted by molar-refractivity contribution is -0.141. The number of hydrogen-bond acceptors (Lipinski definition) is 11. The first-order chi connectivity index (χ1) is 24.8. The summed E-state index contributed by atoms with van der Waals surface area (Å²) in [4.78, 5) is 53.1. The Hall–Kier alpha value is -4.97. The largest absolute Gasteiger partial charge is 0.506 e. The number of aromatic hydroxyl groups is 1. The maximum absolute atomic E-state index is 15.7. The first-order valence-corrected chi connectivity index (χ1v) is 18.6. The van der Waals surface area contributed by atoms with E-state index in [0.717, 1.165) is 36.8 Å². The predicted octanol–water partition coefficient (Wildman–Crippen LogP) is 3.08. The van der Waals surface area contributed by atoms with Gasteiger partial charge in [-0.1, -0.05) is 12.1 Å². The third kappa shape index (κ3) is 6.16. The number of phenolic OH excluding ortho intramolecular Hbond substituents is 1. The lowest BCUT2D eigenvalue weighted by Gasteiger charge is -2.40. The van der Waals surface area contributed by atoms with Crippen molar-refractivity contribution in [1.29, 1.82) is 0 Å². The number of carbonyl (C=O) groups excluding carboxylic acids is 4. The van der Waals surface area contributed by atoms with Crippen LogP contribution in [-0.4, -0.2) is 103 Å². The highest BCUT2D eigenvalue weighted by atomic mass is 32.3. The van der Waals surface area contributed by atoms with Crippen LogP contribution in [0.15, 0.2) is 42.5 Å². The molecule has 274 valence electrons. The average molecular weight is 736 g/mol. The van der Waals surface area contributed by atoms with Crippen LogP contribution in [-0.2, 0) is 26.2 Å². The van der Waals surface area contributed by atoms with Crippen LogP contribution in [0, 0.1) is 5.82 Å². The second-order valence-corrected chi connectivity index (χ2v) is 15.6. The van der Waals surface area contributed by atoms with Gasteiger partial charge in [0.2, 0.25) is 17.7 Å². The topological polar surface area (TPSA) is 190 Å². The smallest absolute Gasteiger partial charge is 0.260 e. The molecule has 5 heterocycles. The van der Waals surface area contributed by atoms with Gasteiger partial charge in [-0.25, -0.2) is 13.4 Å². The number of rotatable bonds is 7. The number of fused-ring (bicyclic) bond motifs is 2. The van der Waals surface area contributed by atoms with Gasteiger partial charge in [0.25, 0.3) is 5.91 Å². The number of benzene rings is 3. The summed E-state index contributed by atoms with van der Waals surface area (Å²) < 4.78 is 46.6. The lowest BCUT2D eigenvalue weighted by Crippen LogP contribution is -2.58. The van der Waals surface area contributed by atoms with Gasteiger partial charge in [0.15, 0.2) is 5.82 Å². The number of piperidine rings is 2. The monoisotopic (exact) mass is 735 g/mol. The molecule has 15 nitrogen and oxygen atoms in total. The number of amides is 4. The number of phenols is 1. The van der Waals surface area contributed by atoms with Crippen molar-refractivity contribution < 1.29 is 42.5 Å². The molecule has 52 heavy (non-hydrogen) atoms. The molecular weight excluding hydrogens is 697 g/mol. The van der Waals surface area contributed by atoms with Crippen LogP contribution >= 0.6 is 11.0 Å². The summed E-state index contributed by atoms with van der Waals surface area (Å²) in [5.41, 5.74) is 2.30. The highest BCUT2D eigenvalue weighted by molar-refractivity contribution is 8.24. The molecule has 5 N–H and O–H groups in total. The van der Waals surface area contributed by atoms with Crippen molar-refractivity contribution in [3.63, 3.8) is 0 Å². The van der Waals surface area contributed by atoms with Crippen LogP contribution in [0.3, 0.4) is 0 Å². The summed E-state index contributed by atoms with van der Waals surface area (Å²) in [6.45, 7) is 2.02. The standard InChI is InChI=1S/C35H38FN7O8S/c1-40-27-6-3-20(12-26(27)33(38-40)24-5-7-29(45)37-35(24)48)19-8-10-41(11-9-19)18-31(47)42-15-23(16-42)51-22-4-2-21-13-28(44)34(32(36)25(21)14-22)43-17-30(46)39-52(43,49)50/h2-4,6,12-14,19,23-24,44,49-50H,5,7-11,15-18H2,1H3,(H,39,46)(H,37,45,48). The fourth-order valence-corrected chi connectivity index (χ4v) is 8.89. The van der Waals surface area contributed by atoms with Crippen LogP contribution in [0.25, 0.3) is 21.7 Å². The normalized spacial score (nSPS) is 22.1. The maximum Gasteiger partial charge on any atom is 0.260 e. The van der Waals surface area contributed by atoms with E-state index in [2.05, 4.69) is 27.4 Å². The van der Waals surface area contributed by atoms with E-state index in [9.17, 15) is 33.4 Å². The Morgan fingerprint density at radius 1 is 1.02 bits per heavy atom. The van der Waals surface area contributed by atoms with Gasteiger partial charge in [-0.15, -0.1) is 0 Å². The Labute approximate surface area is 298 Å². The molecule has 3 aromatic carbocycles. The highest BCUT2D eigenvalue weighted by Crippen LogP contribution is 2.51. The number of halogens is 1. The zero-order valence-electron chi connectivity index (χ0n) is 28.2. The summed E-state index contributed by atoms with van der Waals surface area (Å²) in [5, 5.41) is 18.9. The molecule has 0 spiro atoms. The van der Waals surface area contributed by atoms with Crippen molar-refractivity contribution in [2.45, 2.75) is 43.6 Å². The molecule has 1 unspecified atom stereocenters. The Balaban J connectivity index is 0.855. The molecule has 1 aromatic heterocycles. The fourth-order valence-electron chi connectivity index (χ4n) is 7.69. The van der Waals surface area contributed by atoms with Crippen molar-refractivity contribution >= 4 is 62.0 Å². The Bertz CT molecular complexity index is 2150. The second kappa shape index (κ2) is 12.9. The van der Waals surface area contributed by atoms with Crippen LogP contribution < -0.4 is 19.1 Å². The quantitative estimate of drug-likeness (QED) is 0.176.